The quantitative estimate of drug-likeness (QED) is 0.666. The Labute approximate surface area is 186 Å². The Morgan fingerprint density at radius 3 is 2.57 bits per heavy atom. The van der Waals surface area contributed by atoms with Crippen LogP contribution in [0.4, 0.5) is 5.69 Å². The summed E-state index contributed by atoms with van der Waals surface area (Å²) in [5, 5.41) is 4.20. The monoisotopic (exact) mass is 441 g/mol. The first-order valence-electron chi connectivity index (χ1n) is 10.0. The molecule has 7 heteroatoms. The van der Waals surface area contributed by atoms with Gasteiger partial charge in [0.2, 0.25) is 5.91 Å². The van der Waals surface area contributed by atoms with Crippen molar-refractivity contribution in [1.82, 2.24) is 0 Å². The zero-order valence-electron chi connectivity index (χ0n) is 17.1. The fourth-order valence-electron chi connectivity index (χ4n) is 3.76. The lowest BCUT2D eigenvalue weighted by Gasteiger charge is -2.14. The highest BCUT2D eigenvalue weighted by molar-refractivity contribution is 8.16. The molecule has 1 heterocycles. The third kappa shape index (κ3) is 4.55. The minimum Gasteiger partial charge on any atom is -0.495 e. The Hall–Kier alpha value is -2.31. The topological polar surface area (TPSA) is 63.0 Å². The van der Waals surface area contributed by atoms with Crippen molar-refractivity contribution in [2.75, 3.05) is 18.2 Å². The van der Waals surface area contributed by atoms with Gasteiger partial charge in [0.1, 0.15) is 10.8 Å². The molecule has 2 aromatic rings. The fraction of sp³-hybridized carbons (Fsp3) is 0.348. The van der Waals surface area contributed by atoms with Crippen molar-refractivity contribution < 1.29 is 9.53 Å². The second-order valence-corrected chi connectivity index (χ2v) is 8.99. The normalized spacial score (nSPS) is 17.0. The zero-order chi connectivity index (χ0) is 21.1. The summed E-state index contributed by atoms with van der Waals surface area (Å²) >= 11 is 7.59. The van der Waals surface area contributed by atoms with Gasteiger partial charge in [-0.25, -0.2) is 4.99 Å². The first-order chi connectivity index (χ1) is 14.5. The number of nitrogens with one attached hydrogen (secondary N) is 1. The molecule has 1 aliphatic heterocycles. The molecule has 2 aliphatic rings. The first kappa shape index (κ1) is 20.9. The van der Waals surface area contributed by atoms with E-state index in [1.165, 1.54) is 17.3 Å². The number of carbonyl (C=O) groups is 1. The molecule has 1 aliphatic carbocycles. The van der Waals surface area contributed by atoms with E-state index in [0.29, 0.717) is 16.5 Å². The zero-order valence-corrected chi connectivity index (χ0v) is 18.6. The third-order valence-corrected chi connectivity index (χ3v) is 6.60. The van der Waals surface area contributed by atoms with E-state index in [1.54, 1.807) is 25.3 Å². The first-order valence-corrected chi connectivity index (χ1v) is 11.4. The summed E-state index contributed by atoms with van der Waals surface area (Å²) < 4.78 is 5.15. The molecule has 0 bridgehead atoms. The van der Waals surface area contributed by atoms with Crippen molar-refractivity contribution in [3.05, 3.63) is 58.6 Å². The second kappa shape index (κ2) is 8.82. The highest BCUT2D eigenvalue weighted by Crippen LogP contribution is 2.40. The van der Waals surface area contributed by atoms with Gasteiger partial charge in [-0.15, -0.1) is 0 Å². The number of anilines is 1. The third-order valence-electron chi connectivity index (χ3n) is 5.34. The van der Waals surface area contributed by atoms with E-state index in [-0.39, 0.29) is 17.3 Å². The lowest BCUT2D eigenvalue weighted by Crippen LogP contribution is -2.17. The fourth-order valence-corrected chi connectivity index (χ4v) is 4.90. The smallest absolute Gasteiger partial charge is 0.234 e. The maximum absolute atomic E-state index is 12.5. The molecule has 30 heavy (non-hydrogen) atoms. The van der Waals surface area contributed by atoms with E-state index >= 15 is 0 Å². The van der Waals surface area contributed by atoms with Crippen LogP contribution in [-0.4, -0.2) is 35.2 Å². The summed E-state index contributed by atoms with van der Waals surface area (Å²) in [5.41, 5.74) is 3.47. The molecule has 156 valence electrons. The average Bonchev–Trinajstić information content (AvgIpc) is 3.34. The van der Waals surface area contributed by atoms with Gasteiger partial charge in [-0.2, -0.15) is 0 Å². The molecule has 1 amide bonds. The molecule has 0 saturated heterocycles. The van der Waals surface area contributed by atoms with Crippen LogP contribution >= 0.6 is 23.4 Å². The number of thioether (sulfide) groups is 1. The Kier molecular flexibility index (Phi) is 6.16. The molecule has 1 N–H and O–H groups in total. The Morgan fingerprint density at radius 1 is 1.17 bits per heavy atom. The number of benzene rings is 2. The predicted octanol–water partition coefficient (Wildman–Crippen LogP) is 5.50. The number of amides is 1. The van der Waals surface area contributed by atoms with Gasteiger partial charge < -0.3 is 10.1 Å². The molecule has 1 spiro atoms. The maximum atomic E-state index is 12.5. The summed E-state index contributed by atoms with van der Waals surface area (Å²) in [4.78, 5) is 22.5. The largest absolute Gasteiger partial charge is 0.495 e. The SMILES string of the molecule is COc1ccc(NC(=O)CSC2=NC3(CCCC3)N=C2c2ccc(C)cc2)cc1Cl. The Bertz CT molecular complexity index is 1010. The van der Waals surface area contributed by atoms with Crippen molar-refractivity contribution in [2.24, 2.45) is 9.98 Å². The minimum atomic E-state index is -0.331. The Balaban J connectivity index is 1.46. The van der Waals surface area contributed by atoms with Crippen LogP contribution in [0.25, 0.3) is 0 Å². The highest BCUT2D eigenvalue weighted by Gasteiger charge is 2.39. The Morgan fingerprint density at radius 2 is 1.90 bits per heavy atom. The van der Waals surface area contributed by atoms with Gasteiger partial charge in [0, 0.05) is 11.3 Å². The van der Waals surface area contributed by atoms with E-state index < -0.39 is 0 Å². The molecular weight excluding hydrogens is 418 g/mol. The maximum Gasteiger partial charge on any atom is 0.234 e. The number of carbonyl (C=O) groups excluding carboxylic acids is 1. The number of hydrogen-bond donors (Lipinski definition) is 1. The summed E-state index contributed by atoms with van der Waals surface area (Å²) in [7, 11) is 1.56. The van der Waals surface area contributed by atoms with Gasteiger partial charge in [-0.3, -0.25) is 9.79 Å². The van der Waals surface area contributed by atoms with Crippen LogP contribution in [0.15, 0.2) is 52.4 Å². The van der Waals surface area contributed by atoms with Crippen molar-refractivity contribution in [1.29, 1.82) is 0 Å². The highest BCUT2D eigenvalue weighted by atomic mass is 35.5. The standard InChI is InChI=1S/C23H24ClN3O2S/c1-15-5-7-16(8-6-15)21-22(27-23(26-21)11-3-4-12-23)30-14-20(28)25-17-9-10-19(29-2)18(24)13-17/h5-10,13H,3-4,11-12,14H2,1-2H3,(H,25,28). The number of rotatable bonds is 5. The van der Waals surface area contributed by atoms with E-state index in [0.717, 1.165) is 42.0 Å². The number of ether oxygens (including phenoxy) is 1. The van der Waals surface area contributed by atoms with E-state index in [9.17, 15) is 4.79 Å². The van der Waals surface area contributed by atoms with E-state index in [2.05, 4.69) is 36.5 Å². The summed E-state index contributed by atoms with van der Waals surface area (Å²) in [6.45, 7) is 2.07. The summed E-state index contributed by atoms with van der Waals surface area (Å²) in [6, 6.07) is 13.5. The van der Waals surface area contributed by atoms with E-state index in [4.69, 9.17) is 26.3 Å². The molecule has 5 nitrogen and oxygen atoms in total. The van der Waals surface area contributed by atoms with Crippen LogP contribution < -0.4 is 10.1 Å². The summed E-state index contributed by atoms with van der Waals surface area (Å²) in [5.74, 6) is 0.716. The van der Waals surface area contributed by atoms with Gasteiger partial charge in [-0.05, 0) is 50.8 Å². The van der Waals surface area contributed by atoms with Crippen molar-refractivity contribution in [3.8, 4) is 5.75 Å². The molecule has 4 rings (SSSR count). The number of nitrogens with zero attached hydrogens (tertiary/aromatic N) is 2. The van der Waals surface area contributed by atoms with Crippen molar-refractivity contribution >= 4 is 45.7 Å². The van der Waals surface area contributed by atoms with Gasteiger partial charge in [0.05, 0.1) is 23.6 Å². The number of aryl methyl sites for hydroxylation is 1. The van der Waals surface area contributed by atoms with Gasteiger partial charge >= 0.3 is 0 Å². The number of methoxy groups -OCH3 is 1. The van der Waals surface area contributed by atoms with Crippen LogP contribution in [-0.2, 0) is 4.79 Å². The van der Waals surface area contributed by atoms with Crippen molar-refractivity contribution in [3.63, 3.8) is 0 Å². The molecule has 1 fully saturated rings. The summed E-state index contributed by atoms with van der Waals surface area (Å²) in [6.07, 6.45) is 4.24. The van der Waals surface area contributed by atoms with Gasteiger partial charge in [0.15, 0.2) is 5.66 Å². The number of halogens is 1. The van der Waals surface area contributed by atoms with Crippen LogP contribution in [0.3, 0.4) is 0 Å². The molecule has 0 radical (unpaired) electrons. The second-order valence-electron chi connectivity index (χ2n) is 7.62. The molecule has 0 atom stereocenters. The number of hydrogen-bond acceptors (Lipinski definition) is 5. The average molecular weight is 442 g/mol. The van der Waals surface area contributed by atoms with Crippen LogP contribution in [0.2, 0.25) is 5.02 Å². The van der Waals surface area contributed by atoms with Crippen LogP contribution in [0.5, 0.6) is 5.75 Å². The molecule has 1 saturated carbocycles. The molecule has 0 aromatic heterocycles. The number of aliphatic imine (C=N–C) groups is 2. The molecule has 2 aromatic carbocycles. The minimum absolute atomic E-state index is 0.112. The van der Waals surface area contributed by atoms with Crippen molar-refractivity contribution in [2.45, 2.75) is 38.3 Å². The molecule has 0 unspecified atom stereocenters. The lowest BCUT2D eigenvalue weighted by molar-refractivity contribution is -0.113. The van der Waals surface area contributed by atoms with Crippen LogP contribution in [0, 0.1) is 6.92 Å². The van der Waals surface area contributed by atoms with Gasteiger partial charge in [-0.1, -0.05) is 53.2 Å². The lowest BCUT2D eigenvalue weighted by atomic mass is 10.1. The van der Waals surface area contributed by atoms with E-state index in [1.807, 2.05) is 0 Å². The molecular formula is C23H24ClN3O2S. The predicted molar refractivity (Wildman–Crippen MR) is 125 cm³/mol. The van der Waals surface area contributed by atoms with Crippen LogP contribution in [0.1, 0.15) is 36.8 Å². The van der Waals surface area contributed by atoms with Gasteiger partial charge in [0.25, 0.3) is 0 Å².